The second-order valence-corrected chi connectivity index (χ2v) is 28.9. The van der Waals surface area contributed by atoms with E-state index in [0.29, 0.717) is 26.1 Å². The molecule has 1 aromatic rings. The second-order valence-electron chi connectivity index (χ2n) is 17.7. The minimum absolute atomic E-state index is 0.00928. The molecule has 4 rings (SSSR count). The molecule has 0 radical (unpaired) electrons. The molecule has 8 atom stereocenters. The lowest BCUT2D eigenvalue weighted by Crippen LogP contribution is -2.53. The Bertz CT molecular complexity index is 1320. The molecule has 1 saturated heterocycles. The molecule has 1 aliphatic heterocycles. The van der Waals surface area contributed by atoms with Crippen LogP contribution in [-0.4, -0.2) is 72.4 Å². The van der Waals surface area contributed by atoms with E-state index in [-0.39, 0.29) is 67.5 Å². The zero-order valence-electron chi connectivity index (χ0n) is 32.1. The number of carbonyl (C=O) groups excluding carboxylic acids is 2. The Labute approximate surface area is 299 Å². The molecule has 1 aromatic carbocycles. The average molecular weight is 712 g/mol. The molecule has 0 saturated carbocycles. The fourth-order valence-electron chi connectivity index (χ4n) is 8.11. The fraction of sp³-hybridized carbons (Fsp3) is 0.700. The summed E-state index contributed by atoms with van der Waals surface area (Å²) in [5.41, 5.74) is 0.395. The van der Waals surface area contributed by atoms with E-state index in [1.807, 2.05) is 18.2 Å². The Hall–Kier alpha value is -1.89. The average Bonchev–Trinajstić information content (AvgIpc) is 3.30. The van der Waals surface area contributed by atoms with Gasteiger partial charge in [-0.1, -0.05) is 107 Å². The van der Waals surface area contributed by atoms with Crippen LogP contribution in [0.25, 0.3) is 0 Å². The number of benzene rings is 1. The van der Waals surface area contributed by atoms with Crippen LogP contribution >= 0.6 is 0 Å². The van der Waals surface area contributed by atoms with Gasteiger partial charge in [-0.15, -0.1) is 0 Å². The van der Waals surface area contributed by atoms with E-state index in [2.05, 4.69) is 103 Å². The Morgan fingerprint density at radius 1 is 0.918 bits per heavy atom. The van der Waals surface area contributed by atoms with E-state index in [0.717, 1.165) is 24.1 Å². The highest BCUT2D eigenvalue weighted by molar-refractivity contribution is 6.76. The summed E-state index contributed by atoms with van der Waals surface area (Å²) < 4.78 is 25.3. The van der Waals surface area contributed by atoms with Crippen molar-refractivity contribution in [2.75, 3.05) is 26.8 Å². The molecule has 7 nitrogen and oxygen atoms in total. The number of amides is 1. The summed E-state index contributed by atoms with van der Waals surface area (Å²) in [6, 6.07) is 12.3. The molecule has 274 valence electrons. The number of nitrogens with one attached hydrogen (secondary N) is 1. The molecule has 9 heteroatoms. The number of rotatable bonds is 14. The Morgan fingerprint density at radius 2 is 1.55 bits per heavy atom. The van der Waals surface area contributed by atoms with Crippen molar-refractivity contribution in [1.29, 1.82) is 0 Å². The van der Waals surface area contributed by atoms with Crippen LogP contribution in [-0.2, 0) is 35.0 Å². The van der Waals surface area contributed by atoms with Crippen LogP contribution < -0.4 is 5.32 Å². The highest BCUT2D eigenvalue weighted by Crippen LogP contribution is 2.55. The normalized spacial score (nSPS) is 33.2. The van der Waals surface area contributed by atoms with Crippen molar-refractivity contribution >= 4 is 27.8 Å². The van der Waals surface area contributed by atoms with Gasteiger partial charge in [-0.2, -0.15) is 0 Å². The number of ketones is 1. The van der Waals surface area contributed by atoms with Gasteiger partial charge in [0.2, 0.25) is 5.91 Å². The molecule has 1 heterocycles. The Kier molecular flexibility index (Phi) is 13.5. The number of hydrogen-bond acceptors (Lipinski definition) is 6. The fourth-order valence-corrected chi connectivity index (χ4v) is 9.62. The lowest BCUT2D eigenvalue weighted by atomic mass is 9.54. The third-order valence-electron chi connectivity index (χ3n) is 11.3. The van der Waals surface area contributed by atoms with E-state index in [1.165, 1.54) is 5.57 Å². The van der Waals surface area contributed by atoms with Crippen molar-refractivity contribution in [1.82, 2.24) is 5.32 Å². The van der Waals surface area contributed by atoms with Crippen molar-refractivity contribution < 1.29 is 28.5 Å². The van der Waals surface area contributed by atoms with Crippen molar-refractivity contribution in [2.24, 2.45) is 29.1 Å². The summed E-state index contributed by atoms with van der Waals surface area (Å²) in [4.78, 5) is 29.3. The van der Waals surface area contributed by atoms with E-state index in [9.17, 15) is 9.59 Å². The molecule has 49 heavy (non-hydrogen) atoms. The summed E-state index contributed by atoms with van der Waals surface area (Å²) in [5.74, 6) is -0.466. The van der Waals surface area contributed by atoms with Crippen LogP contribution in [0.2, 0.25) is 51.4 Å². The summed E-state index contributed by atoms with van der Waals surface area (Å²) in [7, 11) is -2.50. The van der Waals surface area contributed by atoms with Crippen LogP contribution in [0.1, 0.15) is 52.5 Å². The summed E-state index contributed by atoms with van der Waals surface area (Å²) >= 11 is 0. The van der Waals surface area contributed by atoms with Gasteiger partial charge < -0.3 is 24.3 Å². The minimum Gasteiger partial charge on any atom is -0.356 e. The first-order valence-corrected chi connectivity index (χ1v) is 26.0. The molecular weight excluding hydrogens is 647 g/mol. The maximum absolute atomic E-state index is 14.9. The molecule has 1 amide bonds. The van der Waals surface area contributed by atoms with Crippen molar-refractivity contribution in [3.05, 3.63) is 59.7 Å². The van der Waals surface area contributed by atoms with E-state index in [4.69, 9.17) is 18.9 Å². The number of Topliss-reactive ketones (excluding diaryl/α,β-unsaturated/α-hetero) is 1. The van der Waals surface area contributed by atoms with E-state index < -0.39 is 27.2 Å². The third kappa shape index (κ3) is 9.92. The second kappa shape index (κ2) is 16.6. The molecule has 0 aromatic heterocycles. The van der Waals surface area contributed by atoms with Gasteiger partial charge in [0, 0.05) is 53.7 Å². The standard InChI is InChI=1S/C40H65NO6Si2/c1-29-15-14-18-33-25-30(2)31(3)36-34(26-32-16-12-11-13-17-32)41-38(43)40(33,36)35(42)19-20-39(4,47-28-45-22-24-49(8,9)10)37(29)46-27-44-21-23-48(5,6)7/h11-14,16-18,25,29,31,33-34,36-37H,15,19-24,26-28H2,1-10H3,(H,41,43)/b18-14+/t29-,31+,33-,34-,36-,37-,39+,40+/m0/s1. The van der Waals surface area contributed by atoms with Crippen molar-refractivity contribution in [3.8, 4) is 0 Å². The summed E-state index contributed by atoms with van der Waals surface area (Å²) in [6.45, 7) is 24.2. The topological polar surface area (TPSA) is 83.1 Å². The lowest BCUT2D eigenvalue weighted by molar-refractivity contribution is -0.223. The van der Waals surface area contributed by atoms with Gasteiger partial charge in [0.25, 0.3) is 0 Å². The van der Waals surface area contributed by atoms with Crippen LogP contribution in [0.5, 0.6) is 0 Å². The zero-order chi connectivity index (χ0) is 36.0. The number of hydrogen-bond donors (Lipinski definition) is 1. The first kappa shape index (κ1) is 39.9. The van der Waals surface area contributed by atoms with Gasteiger partial charge in [-0.05, 0) is 62.6 Å². The van der Waals surface area contributed by atoms with Crippen molar-refractivity contribution in [3.63, 3.8) is 0 Å². The smallest absolute Gasteiger partial charge is 0.235 e. The Balaban J connectivity index is 1.64. The molecule has 1 fully saturated rings. The lowest BCUT2D eigenvalue weighted by Gasteiger charge is -2.45. The van der Waals surface area contributed by atoms with Gasteiger partial charge >= 0.3 is 0 Å². The predicted octanol–water partition coefficient (Wildman–Crippen LogP) is 8.27. The maximum Gasteiger partial charge on any atom is 0.235 e. The van der Waals surface area contributed by atoms with Crippen molar-refractivity contribution in [2.45, 2.75) is 122 Å². The highest BCUT2D eigenvalue weighted by Gasteiger charge is 2.65. The molecule has 3 aliphatic rings. The summed E-state index contributed by atoms with van der Waals surface area (Å²) in [6.07, 6.45) is 8.18. The zero-order valence-corrected chi connectivity index (χ0v) is 34.1. The maximum atomic E-state index is 14.9. The quantitative estimate of drug-likeness (QED) is 0.0688. The van der Waals surface area contributed by atoms with E-state index >= 15 is 0 Å². The largest absolute Gasteiger partial charge is 0.356 e. The monoisotopic (exact) mass is 711 g/mol. The highest BCUT2D eigenvalue weighted by atomic mass is 28.3. The third-order valence-corrected chi connectivity index (χ3v) is 14.7. The number of allylic oxidation sites excluding steroid dienone is 4. The van der Waals surface area contributed by atoms with Crippen LogP contribution in [0.15, 0.2) is 54.1 Å². The predicted molar refractivity (Wildman–Crippen MR) is 204 cm³/mol. The number of carbonyl (C=O) groups is 2. The first-order chi connectivity index (χ1) is 23.0. The molecule has 1 spiro atoms. The molecular formula is C40H65NO6Si2. The van der Waals surface area contributed by atoms with Gasteiger partial charge in [0.05, 0.1) is 11.7 Å². The van der Waals surface area contributed by atoms with Crippen LogP contribution in [0, 0.1) is 29.1 Å². The SMILES string of the molecule is CC1=C[C@@H]2/C=C/C[C@H](C)[C@H](OCOCC[Si](C)(C)C)[C@](C)(OCOCC[Si](C)(C)C)CCC(=O)[C@]23C(=O)N[C@@H](Cc2ccccc2)[C@@H]3[C@@H]1C. The van der Waals surface area contributed by atoms with Gasteiger partial charge in [0.1, 0.15) is 24.8 Å². The summed E-state index contributed by atoms with van der Waals surface area (Å²) in [5, 5.41) is 3.35. The molecule has 0 unspecified atom stereocenters. The van der Waals surface area contributed by atoms with E-state index in [1.54, 1.807) is 0 Å². The molecule has 0 bridgehead atoms. The van der Waals surface area contributed by atoms with Crippen LogP contribution in [0.3, 0.4) is 0 Å². The van der Waals surface area contributed by atoms with Crippen LogP contribution in [0.4, 0.5) is 0 Å². The Morgan fingerprint density at radius 3 is 2.18 bits per heavy atom. The first-order valence-electron chi connectivity index (χ1n) is 18.6. The number of ether oxygens (including phenoxy) is 4. The van der Waals surface area contributed by atoms with Gasteiger partial charge in [0.15, 0.2) is 0 Å². The minimum atomic E-state index is -1.26. The molecule has 2 aliphatic carbocycles. The van der Waals surface area contributed by atoms with Gasteiger partial charge in [-0.25, -0.2) is 0 Å². The molecule has 1 N–H and O–H groups in total. The van der Waals surface area contributed by atoms with Gasteiger partial charge in [-0.3, -0.25) is 9.59 Å².